The Hall–Kier alpha value is -1.72. The van der Waals surface area contributed by atoms with Gasteiger partial charge in [0.1, 0.15) is 0 Å². The molecule has 2 aromatic rings. The summed E-state index contributed by atoms with van der Waals surface area (Å²) >= 11 is 0. The number of hydrogen-bond acceptors (Lipinski definition) is 5. The standard InChI is InChI=1S/C17H24N4O/c1-14(16-6-4-3-5-7-16)12-20-8-10-21(11-9-20)13-17-18-15(2)22-19-17/h3-7,14H,8-13H2,1-2H3. The van der Waals surface area contributed by atoms with E-state index in [1.54, 1.807) is 0 Å². The molecule has 2 heterocycles. The molecule has 0 N–H and O–H groups in total. The smallest absolute Gasteiger partial charge is 0.223 e. The lowest BCUT2D eigenvalue weighted by molar-refractivity contribution is 0.120. The van der Waals surface area contributed by atoms with Crippen LogP contribution in [-0.2, 0) is 6.54 Å². The maximum absolute atomic E-state index is 5.03. The summed E-state index contributed by atoms with van der Waals surface area (Å²) in [7, 11) is 0. The van der Waals surface area contributed by atoms with Gasteiger partial charge in [-0.05, 0) is 11.5 Å². The number of nitrogens with zero attached hydrogens (tertiary/aromatic N) is 4. The first-order chi connectivity index (χ1) is 10.7. The molecule has 0 aliphatic carbocycles. The molecule has 1 aliphatic heterocycles. The van der Waals surface area contributed by atoms with Crippen LogP contribution in [0.2, 0.25) is 0 Å². The zero-order valence-electron chi connectivity index (χ0n) is 13.4. The SMILES string of the molecule is Cc1nc(CN2CCN(CC(C)c3ccccc3)CC2)no1. The van der Waals surface area contributed by atoms with Gasteiger partial charge in [-0.25, -0.2) is 0 Å². The molecule has 22 heavy (non-hydrogen) atoms. The van der Waals surface area contributed by atoms with Crippen molar-refractivity contribution in [1.29, 1.82) is 0 Å². The summed E-state index contributed by atoms with van der Waals surface area (Å²) in [5, 5.41) is 3.98. The maximum Gasteiger partial charge on any atom is 0.223 e. The van der Waals surface area contributed by atoms with Crippen molar-refractivity contribution in [2.75, 3.05) is 32.7 Å². The van der Waals surface area contributed by atoms with E-state index < -0.39 is 0 Å². The third-order valence-electron chi connectivity index (χ3n) is 4.30. The number of aryl methyl sites for hydroxylation is 1. The largest absolute Gasteiger partial charge is 0.340 e. The second-order valence-corrected chi connectivity index (χ2v) is 6.12. The summed E-state index contributed by atoms with van der Waals surface area (Å²) in [6.07, 6.45) is 0. The Morgan fingerprint density at radius 3 is 2.41 bits per heavy atom. The van der Waals surface area contributed by atoms with Crippen LogP contribution in [0.5, 0.6) is 0 Å². The first-order valence-corrected chi connectivity index (χ1v) is 7.99. The highest BCUT2D eigenvalue weighted by molar-refractivity contribution is 5.19. The Balaban J connectivity index is 1.45. The van der Waals surface area contributed by atoms with E-state index in [9.17, 15) is 0 Å². The molecule has 1 aliphatic rings. The molecule has 1 fully saturated rings. The Labute approximate surface area is 131 Å². The monoisotopic (exact) mass is 300 g/mol. The molecule has 3 rings (SSSR count). The molecule has 1 atom stereocenters. The van der Waals surface area contributed by atoms with Crippen LogP contribution in [0.4, 0.5) is 0 Å². The summed E-state index contributed by atoms with van der Waals surface area (Å²) < 4.78 is 5.03. The molecule has 1 saturated heterocycles. The fourth-order valence-electron chi connectivity index (χ4n) is 3.01. The van der Waals surface area contributed by atoms with Crippen molar-refractivity contribution in [2.45, 2.75) is 26.3 Å². The molecule has 0 spiro atoms. The van der Waals surface area contributed by atoms with Gasteiger partial charge in [0, 0.05) is 39.6 Å². The van der Waals surface area contributed by atoms with E-state index in [0.29, 0.717) is 11.8 Å². The van der Waals surface area contributed by atoms with Gasteiger partial charge in [0.25, 0.3) is 0 Å². The molecule has 0 saturated carbocycles. The normalized spacial score (nSPS) is 18.5. The second kappa shape index (κ2) is 7.03. The Kier molecular flexibility index (Phi) is 4.85. The zero-order valence-corrected chi connectivity index (χ0v) is 13.4. The lowest BCUT2D eigenvalue weighted by Crippen LogP contribution is -2.46. The number of rotatable bonds is 5. The molecule has 5 heteroatoms. The lowest BCUT2D eigenvalue weighted by Gasteiger charge is -2.35. The van der Waals surface area contributed by atoms with Crippen LogP contribution in [0.25, 0.3) is 0 Å². The van der Waals surface area contributed by atoms with Gasteiger partial charge in [0.2, 0.25) is 5.89 Å². The average Bonchev–Trinajstić information content (AvgIpc) is 2.95. The van der Waals surface area contributed by atoms with Gasteiger partial charge in [-0.15, -0.1) is 0 Å². The Morgan fingerprint density at radius 2 is 1.77 bits per heavy atom. The molecule has 1 aromatic carbocycles. The quantitative estimate of drug-likeness (QED) is 0.848. The molecular formula is C17H24N4O. The van der Waals surface area contributed by atoms with Crippen molar-refractivity contribution < 1.29 is 4.52 Å². The van der Waals surface area contributed by atoms with E-state index in [4.69, 9.17) is 4.52 Å². The maximum atomic E-state index is 5.03. The van der Waals surface area contributed by atoms with Crippen molar-refractivity contribution in [1.82, 2.24) is 19.9 Å². The van der Waals surface area contributed by atoms with Gasteiger partial charge < -0.3 is 9.42 Å². The van der Waals surface area contributed by atoms with Crippen molar-refractivity contribution in [3.05, 3.63) is 47.6 Å². The van der Waals surface area contributed by atoms with E-state index in [0.717, 1.165) is 45.1 Å². The summed E-state index contributed by atoms with van der Waals surface area (Å²) in [5.74, 6) is 2.02. The van der Waals surface area contributed by atoms with Crippen LogP contribution in [0.3, 0.4) is 0 Å². The Morgan fingerprint density at radius 1 is 1.09 bits per heavy atom. The fourth-order valence-corrected chi connectivity index (χ4v) is 3.01. The average molecular weight is 300 g/mol. The predicted octanol–water partition coefficient (Wildman–Crippen LogP) is 2.30. The molecule has 5 nitrogen and oxygen atoms in total. The molecule has 1 aromatic heterocycles. The van der Waals surface area contributed by atoms with Crippen LogP contribution >= 0.6 is 0 Å². The Bertz CT molecular complexity index is 575. The molecule has 0 bridgehead atoms. The molecule has 0 amide bonds. The van der Waals surface area contributed by atoms with Crippen LogP contribution < -0.4 is 0 Å². The highest BCUT2D eigenvalue weighted by Gasteiger charge is 2.20. The summed E-state index contributed by atoms with van der Waals surface area (Å²) in [6.45, 7) is 10.4. The van der Waals surface area contributed by atoms with Crippen LogP contribution in [0.1, 0.15) is 30.1 Å². The summed E-state index contributed by atoms with van der Waals surface area (Å²) in [5.41, 5.74) is 1.42. The fraction of sp³-hybridized carbons (Fsp3) is 0.529. The first-order valence-electron chi connectivity index (χ1n) is 7.99. The van der Waals surface area contributed by atoms with Crippen LogP contribution in [-0.4, -0.2) is 52.7 Å². The molecule has 118 valence electrons. The lowest BCUT2D eigenvalue weighted by atomic mass is 10.0. The van der Waals surface area contributed by atoms with E-state index >= 15 is 0 Å². The third-order valence-corrected chi connectivity index (χ3v) is 4.30. The molecule has 1 unspecified atom stereocenters. The number of aromatic nitrogens is 2. The van der Waals surface area contributed by atoms with Crippen LogP contribution in [0.15, 0.2) is 34.9 Å². The van der Waals surface area contributed by atoms with Crippen molar-refractivity contribution in [3.8, 4) is 0 Å². The molecular weight excluding hydrogens is 276 g/mol. The highest BCUT2D eigenvalue weighted by atomic mass is 16.5. The van der Waals surface area contributed by atoms with Gasteiger partial charge in [0.05, 0.1) is 6.54 Å². The summed E-state index contributed by atoms with van der Waals surface area (Å²) in [6, 6.07) is 10.8. The number of piperazine rings is 1. The predicted molar refractivity (Wildman–Crippen MR) is 85.6 cm³/mol. The van der Waals surface area contributed by atoms with E-state index in [2.05, 4.69) is 57.2 Å². The van der Waals surface area contributed by atoms with Crippen molar-refractivity contribution in [2.24, 2.45) is 0 Å². The van der Waals surface area contributed by atoms with Gasteiger partial charge in [-0.3, -0.25) is 4.90 Å². The second-order valence-electron chi connectivity index (χ2n) is 6.12. The van der Waals surface area contributed by atoms with Gasteiger partial charge in [-0.2, -0.15) is 4.98 Å². The zero-order chi connectivity index (χ0) is 15.4. The highest BCUT2D eigenvalue weighted by Crippen LogP contribution is 2.17. The van der Waals surface area contributed by atoms with E-state index in [1.807, 2.05) is 6.92 Å². The van der Waals surface area contributed by atoms with E-state index in [1.165, 1.54) is 5.56 Å². The van der Waals surface area contributed by atoms with Crippen molar-refractivity contribution in [3.63, 3.8) is 0 Å². The minimum atomic E-state index is 0.576. The minimum absolute atomic E-state index is 0.576. The third kappa shape index (κ3) is 3.93. The molecule has 0 radical (unpaired) electrons. The number of hydrogen-bond donors (Lipinski definition) is 0. The topological polar surface area (TPSA) is 45.4 Å². The minimum Gasteiger partial charge on any atom is -0.340 e. The van der Waals surface area contributed by atoms with Gasteiger partial charge in [-0.1, -0.05) is 42.4 Å². The summed E-state index contributed by atoms with van der Waals surface area (Å²) in [4.78, 5) is 9.23. The first kappa shape index (κ1) is 15.2. The van der Waals surface area contributed by atoms with Gasteiger partial charge >= 0.3 is 0 Å². The number of benzene rings is 1. The van der Waals surface area contributed by atoms with Crippen LogP contribution in [0, 0.1) is 6.92 Å². The van der Waals surface area contributed by atoms with E-state index in [-0.39, 0.29) is 0 Å². The van der Waals surface area contributed by atoms with Crippen molar-refractivity contribution >= 4 is 0 Å². The van der Waals surface area contributed by atoms with Gasteiger partial charge in [0.15, 0.2) is 5.82 Å².